The minimum Gasteiger partial charge on any atom is -0.359 e. The quantitative estimate of drug-likeness (QED) is 0.195. The fourth-order valence-corrected chi connectivity index (χ4v) is 8.58. The second-order valence-electron chi connectivity index (χ2n) is 12.9. The molecule has 2 aromatic rings. The van der Waals surface area contributed by atoms with Gasteiger partial charge in [-0.1, -0.05) is 37.3 Å². The summed E-state index contributed by atoms with van der Waals surface area (Å²) in [5.74, 6) is 2.19. The third-order valence-corrected chi connectivity index (χ3v) is 10.4. The molecule has 0 spiro atoms. The summed E-state index contributed by atoms with van der Waals surface area (Å²) in [5.41, 5.74) is 3.42. The molecule has 2 saturated carbocycles. The van der Waals surface area contributed by atoms with Gasteiger partial charge in [-0.25, -0.2) is 0 Å². The van der Waals surface area contributed by atoms with Crippen LogP contribution in [-0.4, -0.2) is 53.3 Å². The fraction of sp³-hybridized carbons (Fsp3) is 0.529. The molecule has 3 unspecified atom stereocenters. The summed E-state index contributed by atoms with van der Waals surface area (Å²) in [6.07, 6.45) is 8.31. The molecule has 5 rings (SSSR count). The molecule has 3 amide bonds. The Labute approximate surface area is 253 Å². The van der Waals surface area contributed by atoms with Gasteiger partial charge in [0.05, 0.1) is 17.2 Å². The van der Waals surface area contributed by atoms with E-state index < -0.39 is 17.9 Å². The van der Waals surface area contributed by atoms with Gasteiger partial charge in [-0.3, -0.25) is 19.3 Å². The lowest BCUT2D eigenvalue weighted by Gasteiger charge is -2.47. The van der Waals surface area contributed by atoms with E-state index in [9.17, 15) is 19.2 Å². The first-order chi connectivity index (χ1) is 20.2. The maximum Gasteiger partial charge on any atom is 0.263 e. The Morgan fingerprint density at radius 1 is 1.05 bits per heavy atom. The average Bonchev–Trinajstić information content (AvgIpc) is 3.22. The topological polar surface area (TPSA) is 95.6 Å². The molecule has 2 fully saturated rings. The maximum absolute atomic E-state index is 13.3. The number of aryl methyl sites for hydroxylation is 1. The van der Waals surface area contributed by atoms with Crippen LogP contribution >= 0.6 is 11.8 Å². The molecule has 2 aliphatic carbocycles. The number of rotatable bonds is 12. The normalized spacial score (nSPS) is 25.7. The van der Waals surface area contributed by atoms with E-state index >= 15 is 0 Å². The van der Waals surface area contributed by atoms with Gasteiger partial charge in [0.2, 0.25) is 5.91 Å². The van der Waals surface area contributed by atoms with E-state index in [0.717, 1.165) is 46.3 Å². The molecule has 2 aromatic carbocycles. The van der Waals surface area contributed by atoms with Crippen LogP contribution in [0.2, 0.25) is 0 Å². The van der Waals surface area contributed by atoms with Crippen molar-refractivity contribution in [3.05, 3.63) is 64.7 Å². The van der Waals surface area contributed by atoms with Crippen molar-refractivity contribution < 1.29 is 19.2 Å². The molecular formula is C34H43N3O4S. The third-order valence-electron chi connectivity index (χ3n) is 9.35. The van der Waals surface area contributed by atoms with Crippen LogP contribution in [0.5, 0.6) is 0 Å². The van der Waals surface area contributed by atoms with Crippen molar-refractivity contribution in [3.63, 3.8) is 0 Å². The summed E-state index contributed by atoms with van der Waals surface area (Å²) in [6, 6.07) is 13.1. The minimum absolute atomic E-state index is 0.0589. The van der Waals surface area contributed by atoms with Crippen LogP contribution in [0.3, 0.4) is 0 Å². The van der Waals surface area contributed by atoms with Crippen molar-refractivity contribution in [2.45, 2.75) is 88.2 Å². The zero-order chi connectivity index (χ0) is 29.9. The van der Waals surface area contributed by atoms with Crippen LogP contribution in [0.25, 0.3) is 0 Å². The molecule has 1 heterocycles. The molecule has 0 saturated heterocycles. The molecule has 3 atom stereocenters. The molecule has 42 heavy (non-hydrogen) atoms. The number of hydrogen-bond acceptors (Lipinski definition) is 6. The summed E-state index contributed by atoms with van der Waals surface area (Å²) in [6.45, 7) is 5.71. The Hall–Kier alpha value is -2.97. The van der Waals surface area contributed by atoms with Gasteiger partial charge in [-0.2, -0.15) is 0 Å². The van der Waals surface area contributed by atoms with E-state index in [1.165, 1.54) is 50.3 Å². The first-order valence-electron chi connectivity index (χ1n) is 15.3. The number of aldehydes is 1. The molecule has 1 aliphatic heterocycles. The van der Waals surface area contributed by atoms with Crippen LogP contribution < -0.4 is 10.6 Å². The van der Waals surface area contributed by atoms with Gasteiger partial charge in [0, 0.05) is 36.2 Å². The monoisotopic (exact) mass is 589 g/mol. The van der Waals surface area contributed by atoms with Gasteiger partial charge in [0.15, 0.2) is 0 Å². The van der Waals surface area contributed by atoms with Crippen LogP contribution in [0.1, 0.15) is 90.6 Å². The van der Waals surface area contributed by atoms with Crippen LogP contribution in [-0.2, 0) is 22.6 Å². The lowest BCUT2D eigenvalue weighted by Crippen LogP contribution is -2.50. The van der Waals surface area contributed by atoms with Crippen molar-refractivity contribution in [2.24, 2.45) is 17.8 Å². The fourth-order valence-electron chi connectivity index (χ4n) is 7.51. The van der Waals surface area contributed by atoms with E-state index in [1.54, 1.807) is 23.9 Å². The Kier molecular flexibility index (Phi) is 9.53. The molecule has 3 aliphatic rings. The molecule has 7 nitrogen and oxygen atoms in total. The number of imide groups is 1. The number of fused-ring (bicyclic) bond motifs is 3. The summed E-state index contributed by atoms with van der Waals surface area (Å²) in [4.78, 5) is 51.6. The van der Waals surface area contributed by atoms with E-state index in [-0.39, 0.29) is 24.3 Å². The van der Waals surface area contributed by atoms with E-state index in [0.29, 0.717) is 17.4 Å². The van der Waals surface area contributed by atoms with Gasteiger partial charge in [-0.15, -0.1) is 11.8 Å². The average molecular weight is 590 g/mol. The number of benzene rings is 2. The lowest BCUT2D eigenvalue weighted by atomic mass is 9.62. The van der Waals surface area contributed by atoms with Gasteiger partial charge in [-0.05, 0) is 92.9 Å². The molecule has 2 bridgehead atoms. The summed E-state index contributed by atoms with van der Waals surface area (Å²) in [7, 11) is 1.51. The lowest BCUT2D eigenvalue weighted by molar-refractivity contribution is -0.121. The van der Waals surface area contributed by atoms with E-state index in [4.69, 9.17) is 0 Å². The predicted octanol–water partition coefficient (Wildman–Crippen LogP) is 5.41. The van der Waals surface area contributed by atoms with Gasteiger partial charge < -0.3 is 15.4 Å². The van der Waals surface area contributed by atoms with Crippen molar-refractivity contribution in [1.29, 1.82) is 0 Å². The number of thioether (sulfide) groups is 1. The molecule has 8 heteroatoms. The molecule has 0 aromatic heterocycles. The van der Waals surface area contributed by atoms with Crippen molar-refractivity contribution >= 4 is 35.8 Å². The molecule has 2 N–H and O–H groups in total. The highest BCUT2D eigenvalue weighted by molar-refractivity contribution is 7.99. The highest BCUT2D eigenvalue weighted by Crippen LogP contribution is 2.46. The van der Waals surface area contributed by atoms with Crippen LogP contribution in [0, 0.1) is 17.8 Å². The van der Waals surface area contributed by atoms with Gasteiger partial charge >= 0.3 is 0 Å². The molecular weight excluding hydrogens is 546 g/mol. The SMILES string of the molecule is CNC(=O)CCC(C=O)N1C(=O)c2cccc(SCCc3ccc(CNC4(C)CC5CC(C)CC(C5)C4)cc3)c2C1=O. The zero-order valence-electron chi connectivity index (χ0n) is 25.0. The first-order valence-corrected chi connectivity index (χ1v) is 16.3. The van der Waals surface area contributed by atoms with Gasteiger partial charge in [0.25, 0.3) is 11.8 Å². The Morgan fingerprint density at radius 2 is 1.74 bits per heavy atom. The Morgan fingerprint density at radius 3 is 2.40 bits per heavy atom. The maximum atomic E-state index is 13.3. The minimum atomic E-state index is -0.968. The summed E-state index contributed by atoms with van der Waals surface area (Å²) < 4.78 is 0. The number of carbonyl (C=O) groups is 4. The summed E-state index contributed by atoms with van der Waals surface area (Å²) in [5, 5.41) is 6.40. The van der Waals surface area contributed by atoms with Crippen LogP contribution in [0.4, 0.5) is 0 Å². The second kappa shape index (κ2) is 13.1. The smallest absolute Gasteiger partial charge is 0.263 e. The third kappa shape index (κ3) is 6.81. The largest absolute Gasteiger partial charge is 0.359 e. The van der Waals surface area contributed by atoms with E-state index in [2.05, 4.69) is 48.7 Å². The number of carbonyl (C=O) groups excluding carboxylic acids is 4. The Bertz CT molecular complexity index is 1310. The van der Waals surface area contributed by atoms with E-state index in [1.807, 2.05) is 6.07 Å². The second-order valence-corrected chi connectivity index (χ2v) is 14.0. The number of hydrogen-bond donors (Lipinski definition) is 2. The standard InChI is InChI=1S/C34H43N3O4S/c1-22-15-25-17-26(16-22)19-34(2,18-25)36-20-24-9-7-23(8-10-24)13-14-42-29-6-4-5-28-31(29)33(41)37(32(28)40)27(21-38)11-12-30(39)35-3/h4-10,21-22,25-27,36H,11-20H2,1-3H3,(H,35,39). The number of nitrogens with zero attached hydrogens (tertiary/aromatic N) is 1. The Balaban J connectivity index is 1.14. The first kappa shape index (κ1) is 30.5. The predicted molar refractivity (Wildman–Crippen MR) is 165 cm³/mol. The highest BCUT2D eigenvalue weighted by Gasteiger charge is 2.42. The van der Waals surface area contributed by atoms with Crippen molar-refractivity contribution in [2.75, 3.05) is 12.8 Å². The number of nitrogens with one attached hydrogen (secondary N) is 2. The molecule has 224 valence electrons. The number of amides is 3. The van der Waals surface area contributed by atoms with Crippen LogP contribution in [0.15, 0.2) is 47.4 Å². The van der Waals surface area contributed by atoms with Crippen molar-refractivity contribution in [3.8, 4) is 0 Å². The van der Waals surface area contributed by atoms with Gasteiger partial charge in [0.1, 0.15) is 6.29 Å². The molecule has 0 radical (unpaired) electrons. The zero-order valence-corrected chi connectivity index (χ0v) is 25.8. The highest BCUT2D eigenvalue weighted by atomic mass is 32.2. The summed E-state index contributed by atoms with van der Waals surface area (Å²) >= 11 is 1.55. The van der Waals surface area contributed by atoms with Crippen molar-refractivity contribution in [1.82, 2.24) is 15.5 Å².